The number of hydrogen-bond donors (Lipinski definition) is 7. The Morgan fingerprint density at radius 3 is 2.38 bits per heavy atom. The number of halogens is 3. The number of amides is 1. The van der Waals surface area contributed by atoms with Crippen molar-refractivity contribution in [3.05, 3.63) is 76.6 Å². The summed E-state index contributed by atoms with van der Waals surface area (Å²) >= 11 is 0. The van der Waals surface area contributed by atoms with Crippen LogP contribution in [-0.2, 0) is 11.6 Å². The maximum atomic E-state index is 13.8. The van der Waals surface area contributed by atoms with Crippen LogP contribution in [0, 0.1) is 5.82 Å². The van der Waals surface area contributed by atoms with Crippen LogP contribution in [0.15, 0.2) is 42.9 Å². The van der Waals surface area contributed by atoms with Gasteiger partial charge >= 0.3 is 5.91 Å². The highest BCUT2D eigenvalue weighted by Crippen LogP contribution is 2.39. The first kappa shape index (κ1) is 23.6. The van der Waals surface area contributed by atoms with Crippen molar-refractivity contribution in [2.45, 2.75) is 23.9 Å². The van der Waals surface area contributed by atoms with E-state index in [1.807, 2.05) is 0 Å². The van der Waals surface area contributed by atoms with Crippen LogP contribution in [-0.4, -0.2) is 57.4 Å². The Morgan fingerprint density at radius 1 is 1.00 bits per heavy atom. The standard InChI is InChI=1S/C20H15F3N4O7/c21-10-4-8(16(22)23)3-9(5-10)18(29,30)13-6-12(25-7-26-13)15-14-11(1-2-24-15)17(28)27-20(33,34)19(14,31)32/h1-7,16,29-34H,(H,27,28). The third-order valence-corrected chi connectivity index (χ3v) is 5.16. The molecule has 7 N–H and O–H groups in total. The number of nitrogens with one attached hydrogen (secondary N) is 1. The number of benzene rings is 1. The second kappa shape index (κ2) is 7.76. The molecule has 2 aromatic heterocycles. The molecule has 14 heteroatoms. The van der Waals surface area contributed by atoms with E-state index in [9.17, 15) is 48.6 Å². The fourth-order valence-electron chi connectivity index (χ4n) is 3.45. The number of carbonyl (C=O) groups excluding carboxylic acids is 1. The molecular formula is C20H15F3N4O7. The van der Waals surface area contributed by atoms with E-state index in [-0.39, 0.29) is 5.69 Å². The van der Waals surface area contributed by atoms with Gasteiger partial charge in [0.05, 0.1) is 22.5 Å². The lowest BCUT2D eigenvalue weighted by atomic mass is 9.89. The Morgan fingerprint density at radius 2 is 1.71 bits per heavy atom. The van der Waals surface area contributed by atoms with Crippen LogP contribution in [0.25, 0.3) is 11.4 Å². The lowest BCUT2D eigenvalue weighted by Crippen LogP contribution is -2.66. The molecule has 0 bridgehead atoms. The second-order valence-corrected chi connectivity index (χ2v) is 7.42. The van der Waals surface area contributed by atoms with Crippen molar-refractivity contribution < 1.29 is 48.6 Å². The van der Waals surface area contributed by atoms with E-state index in [1.54, 1.807) is 5.32 Å². The zero-order valence-corrected chi connectivity index (χ0v) is 16.7. The van der Waals surface area contributed by atoms with Gasteiger partial charge in [-0.2, -0.15) is 0 Å². The number of nitrogens with zero attached hydrogens (tertiary/aromatic N) is 3. The summed E-state index contributed by atoms with van der Waals surface area (Å²) in [5.74, 6) is -12.4. The maximum absolute atomic E-state index is 13.8. The summed E-state index contributed by atoms with van der Waals surface area (Å²) in [7, 11) is 0. The molecule has 3 heterocycles. The van der Waals surface area contributed by atoms with Crippen molar-refractivity contribution in [1.82, 2.24) is 20.3 Å². The third kappa shape index (κ3) is 3.67. The minimum Gasteiger partial charge on any atom is -0.357 e. The summed E-state index contributed by atoms with van der Waals surface area (Å²) in [5, 5.41) is 63.4. The molecule has 0 aliphatic carbocycles. The topological polar surface area (TPSA) is 189 Å². The molecule has 0 radical (unpaired) electrons. The van der Waals surface area contributed by atoms with Gasteiger partial charge in [-0.3, -0.25) is 15.1 Å². The van der Waals surface area contributed by atoms with Gasteiger partial charge < -0.3 is 30.6 Å². The van der Waals surface area contributed by atoms with Crippen molar-refractivity contribution >= 4 is 5.91 Å². The third-order valence-electron chi connectivity index (χ3n) is 5.16. The molecule has 0 saturated carbocycles. The van der Waals surface area contributed by atoms with Gasteiger partial charge in [0.1, 0.15) is 17.8 Å². The van der Waals surface area contributed by atoms with Gasteiger partial charge in [0.15, 0.2) is 0 Å². The normalized spacial score (nSPS) is 16.8. The van der Waals surface area contributed by atoms with Crippen LogP contribution >= 0.6 is 0 Å². The van der Waals surface area contributed by atoms with E-state index in [2.05, 4.69) is 15.0 Å². The summed E-state index contributed by atoms with van der Waals surface area (Å²) in [6, 6.07) is 3.65. The molecule has 1 amide bonds. The van der Waals surface area contributed by atoms with Crippen molar-refractivity contribution in [2.24, 2.45) is 0 Å². The molecule has 3 aromatic rings. The van der Waals surface area contributed by atoms with Crippen LogP contribution in [0.5, 0.6) is 0 Å². The Balaban J connectivity index is 1.88. The fraction of sp³-hybridized carbons (Fsp3) is 0.200. The summed E-state index contributed by atoms with van der Waals surface area (Å²) in [5.41, 5.74) is -4.23. The van der Waals surface area contributed by atoms with Crippen LogP contribution < -0.4 is 5.32 Å². The number of carbonyl (C=O) groups is 1. The Kier molecular flexibility index (Phi) is 5.39. The van der Waals surface area contributed by atoms with Crippen molar-refractivity contribution in [3.63, 3.8) is 0 Å². The average Bonchev–Trinajstić information content (AvgIpc) is 2.77. The van der Waals surface area contributed by atoms with E-state index >= 15 is 0 Å². The smallest absolute Gasteiger partial charge is 0.308 e. The SMILES string of the molecule is O=C1NC(O)(O)C(O)(O)c2c1ccnc2-c1cc(C(O)(O)c2cc(F)cc(C(F)F)c2)ncn1. The molecule has 1 aliphatic heterocycles. The summed E-state index contributed by atoms with van der Waals surface area (Å²) in [4.78, 5) is 23.6. The number of pyridine rings is 1. The highest BCUT2D eigenvalue weighted by atomic mass is 19.3. The van der Waals surface area contributed by atoms with E-state index in [1.165, 1.54) is 0 Å². The average molecular weight is 480 g/mol. The number of aromatic nitrogens is 3. The largest absolute Gasteiger partial charge is 0.357 e. The predicted molar refractivity (Wildman–Crippen MR) is 103 cm³/mol. The van der Waals surface area contributed by atoms with Gasteiger partial charge in [0, 0.05) is 17.3 Å². The highest BCUT2D eigenvalue weighted by molar-refractivity contribution is 5.99. The van der Waals surface area contributed by atoms with E-state index in [0.717, 1.165) is 24.7 Å². The van der Waals surface area contributed by atoms with E-state index in [4.69, 9.17) is 0 Å². The van der Waals surface area contributed by atoms with Crippen molar-refractivity contribution in [2.75, 3.05) is 0 Å². The van der Waals surface area contributed by atoms with Gasteiger partial charge in [-0.05, 0) is 30.3 Å². The predicted octanol–water partition coefficient (Wildman–Crippen LogP) is -0.680. The van der Waals surface area contributed by atoms with Gasteiger partial charge in [0.25, 0.3) is 18.1 Å². The molecule has 1 aromatic carbocycles. The molecule has 34 heavy (non-hydrogen) atoms. The Bertz CT molecular complexity index is 1300. The van der Waals surface area contributed by atoms with Crippen LogP contribution in [0.2, 0.25) is 0 Å². The number of alkyl halides is 2. The van der Waals surface area contributed by atoms with Gasteiger partial charge in [-0.1, -0.05) is 0 Å². The second-order valence-electron chi connectivity index (χ2n) is 7.42. The molecule has 11 nitrogen and oxygen atoms in total. The first-order valence-corrected chi connectivity index (χ1v) is 9.34. The zero-order valence-electron chi connectivity index (χ0n) is 16.7. The highest BCUT2D eigenvalue weighted by Gasteiger charge is 2.57. The number of rotatable bonds is 4. The van der Waals surface area contributed by atoms with E-state index in [0.29, 0.717) is 18.2 Å². The molecule has 0 spiro atoms. The lowest BCUT2D eigenvalue weighted by Gasteiger charge is -2.40. The van der Waals surface area contributed by atoms with Crippen molar-refractivity contribution in [3.8, 4) is 11.4 Å². The van der Waals surface area contributed by atoms with E-state index < -0.39 is 69.3 Å². The summed E-state index contributed by atoms with van der Waals surface area (Å²) < 4.78 is 39.9. The minimum absolute atomic E-state index is 0.363. The van der Waals surface area contributed by atoms with Crippen LogP contribution in [0.3, 0.4) is 0 Å². The Labute approximate surface area is 187 Å². The molecule has 0 atom stereocenters. The molecule has 0 saturated heterocycles. The van der Waals surface area contributed by atoms with Gasteiger partial charge in [-0.25, -0.2) is 23.1 Å². The van der Waals surface area contributed by atoms with Crippen LogP contribution in [0.1, 0.15) is 39.2 Å². The Hall–Kier alpha value is -3.53. The van der Waals surface area contributed by atoms with Gasteiger partial charge in [0.2, 0.25) is 5.79 Å². The van der Waals surface area contributed by atoms with Crippen LogP contribution in [0.4, 0.5) is 13.2 Å². The quantitative estimate of drug-likeness (QED) is 0.236. The molecule has 0 fully saturated rings. The maximum Gasteiger partial charge on any atom is 0.308 e. The monoisotopic (exact) mass is 480 g/mol. The van der Waals surface area contributed by atoms with Crippen molar-refractivity contribution in [1.29, 1.82) is 0 Å². The summed E-state index contributed by atoms with van der Waals surface area (Å²) in [6.45, 7) is 0. The molecule has 4 rings (SSSR count). The summed E-state index contributed by atoms with van der Waals surface area (Å²) in [6.07, 6.45) is -1.29. The molecular weight excluding hydrogens is 465 g/mol. The molecule has 178 valence electrons. The number of hydrogen-bond acceptors (Lipinski definition) is 10. The van der Waals surface area contributed by atoms with Gasteiger partial charge in [-0.15, -0.1) is 0 Å². The lowest BCUT2D eigenvalue weighted by molar-refractivity contribution is -0.376. The molecule has 0 unspecified atom stereocenters. The first-order chi connectivity index (χ1) is 15.8. The fourth-order valence-corrected chi connectivity index (χ4v) is 3.45. The zero-order chi connectivity index (χ0) is 25.1. The minimum atomic E-state index is -3.53. The first-order valence-electron chi connectivity index (χ1n) is 9.34. The molecule has 1 aliphatic rings. The number of aliphatic hydroxyl groups is 6. The number of fused-ring (bicyclic) bond motifs is 1.